The van der Waals surface area contributed by atoms with Crippen molar-refractivity contribution < 1.29 is 0 Å². The van der Waals surface area contributed by atoms with Crippen LogP contribution in [0.1, 0.15) is 0 Å². The Morgan fingerprint density at radius 3 is 1.44 bits per heavy atom. The molecule has 1 heterocycles. The number of nitrogens with zero attached hydrogens (tertiary/aromatic N) is 3. The molecule has 11 rings (SSSR count). The highest BCUT2D eigenvalue weighted by Gasteiger charge is 2.25. The Morgan fingerprint density at radius 2 is 0.787 bits per heavy atom. The molecule has 1 aromatic heterocycles. The van der Waals surface area contributed by atoms with Crippen LogP contribution in [0.5, 0.6) is 0 Å². The first-order chi connectivity index (χ1) is 30.3. The van der Waals surface area contributed by atoms with Crippen LogP contribution in [0.25, 0.3) is 60.5 Å². The summed E-state index contributed by atoms with van der Waals surface area (Å²) in [6, 6.07) is 89.6. The van der Waals surface area contributed by atoms with Crippen molar-refractivity contribution in [3.8, 4) is 27.9 Å². The van der Waals surface area contributed by atoms with Crippen molar-refractivity contribution in [2.75, 3.05) is 9.80 Å². The van der Waals surface area contributed by atoms with Crippen LogP contribution in [0.3, 0.4) is 0 Å². The molecular weight excluding hydrogens is 739 g/mol. The third kappa shape index (κ3) is 6.59. The third-order valence-electron chi connectivity index (χ3n) is 11.7. The van der Waals surface area contributed by atoms with E-state index in [-0.39, 0.29) is 0 Å². The first-order valence-corrected chi connectivity index (χ1v) is 20.9. The summed E-state index contributed by atoms with van der Waals surface area (Å²) in [5, 5.41) is 4.86. The molecule has 0 amide bonds. The van der Waals surface area contributed by atoms with Gasteiger partial charge in [-0.3, -0.25) is 0 Å². The van der Waals surface area contributed by atoms with E-state index in [0.717, 1.165) is 50.8 Å². The number of para-hydroxylation sites is 4. The number of hydrogen-bond donors (Lipinski definition) is 0. The topological polar surface area (TPSA) is 11.4 Å². The van der Waals surface area contributed by atoms with Crippen molar-refractivity contribution in [1.29, 1.82) is 0 Å². The molecule has 0 N–H and O–H groups in total. The van der Waals surface area contributed by atoms with E-state index >= 15 is 0 Å². The van der Waals surface area contributed by atoms with Crippen molar-refractivity contribution in [1.82, 2.24) is 4.57 Å². The van der Waals surface area contributed by atoms with Gasteiger partial charge in [0.15, 0.2) is 0 Å². The van der Waals surface area contributed by atoms with Crippen LogP contribution in [0, 0.1) is 0 Å². The lowest BCUT2D eigenvalue weighted by Crippen LogP contribution is -2.14. The maximum absolute atomic E-state index is 2.44. The van der Waals surface area contributed by atoms with Gasteiger partial charge in [0.05, 0.1) is 22.4 Å². The van der Waals surface area contributed by atoms with Crippen molar-refractivity contribution in [3.63, 3.8) is 0 Å². The Labute approximate surface area is 356 Å². The lowest BCUT2D eigenvalue weighted by Gasteiger charge is -2.30. The van der Waals surface area contributed by atoms with Gasteiger partial charge in [-0.1, -0.05) is 170 Å². The maximum atomic E-state index is 2.44. The molecule has 0 radical (unpaired) electrons. The van der Waals surface area contributed by atoms with E-state index in [1.165, 1.54) is 43.8 Å². The largest absolute Gasteiger partial charge is 0.310 e. The minimum absolute atomic E-state index is 1.05. The molecule has 0 spiro atoms. The highest BCUT2D eigenvalue weighted by molar-refractivity contribution is 6.18. The van der Waals surface area contributed by atoms with Gasteiger partial charge in [0.25, 0.3) is 0 Å². The third-order valence-corrected chi connectivity index (χ3v) is 11.7. The lowest BCUT2D eigenvalue weighted by molar-refractivity contribution is 1.17. The van der Waals surface area contributed by atoms with Crippen LogP contribution < -0.4 is 9.80 Å². The molecule has 0 fully saturated rings. The molecule has 11 aromatic rings. The van der Waals surface area contributed by atoms with E-state index < -0.39 is 0 Å². The van der Waals surface area contributed by atoms with Crippen molar-refractivity contribution in [2.45, 2.75) is 0 Å². The van der Waals surface area contributed by atoms with Crippen LogP contribution in [-0.2, 0) is 0 Å². The zero-order valence-corrected chi connectivity index (χ0v) is 33.5. The van der Waals surface area contributed by atoms with E-state index in [4.69, 9.17) is 0 Å². The Hall–Kier alpha value is -8.14. The second-order valence-corrected chi connectivity index (χ2v) is 15.4. The van der Waals surface area contributed by atoms with E-state index in [2.05, 4.69) is 263 Å². The van der Waals surface area contributed by atoms with E-state index in [9.17, 15) is 0 Å². The van der Waals surface area contributed by atoms with Gasteiger partial charge in [-0.25, -0.2) is 0 Å². The molecular formula is C58H41N3. The second kappa shape index (κ2) is 15.6. The average molecular weight is 780 g/mol. The van der Waals surface area contributed by atoms with Crippen molar-refractivity contribution >= 4 is 66.7 Å². The monoisotopic (exact) mass is 779 g/mol. The maximum Gasteiger partial charge on any atom is 0.0583 e. The normalized spacial score (nSPS) is 11.3. The Kier molecular flexibility index (Phi) is 9.18. The number of rotatable bonds is 9. The van der Waals surface area contributed by atoms with Gasteiger partial charge in [-0.15, -0.1) is 0 Å². The minimum Gasteiger partial charge on any atom is -0.310 e. The smallest absolute Gasteiger partial charge is 0.0583 e. The van der Waals surface area contributed by atoms with Crippen LogP contribution in [0.4, 0.5) is 34.1 Å². The fourth-order valence-electron chi connectivity index (χ4n) is 8.95. The summed E-state index contributed by atoms with van der Waals surface area (Å²) in [4.78, 5) is 4.80. The number of fused-ring (bicyclic) bond motifs is 4. The van der Waals surface area contributed by atoms with Crippen molar-refractivity contribution in [3.05, 3.63) is 249 Å². The zero-order valence-electron chi connectivity index (χ0n) is 33.5. The molecule has 61 heavy (non-hydrogen) atoms. The number of benzene rings is 10. The van der Waals surface area contributed by atoms with Crippen LogP contribution in [-0.4, -0.2) is 4.57 Å². The molecule has 10 aromatic carbocycles. The molecule has 0 unspecified atom stereocenters. The molecule has 3 nitrogen and oxygen atoms in total. The van der Waals surface area contributed by atoms with Gasteiger partial charge in [0.2, 0.25) is 0 Å². The molecule has 0 aliphatic rings. The summed E-state index contributed by atoms with van der Waals surface area (Å²) in [5.41, 5.74) is 14.6. The zero-order chi connectivity index (χ0) is 40.5. The molecule has 0 saturated carbocycles. The van der Waals surface area contributed by atoms with Gasteiger partial charge in [-0.2, -0.15) is 0 Å². The number of hydrogen-bond acceptors (Lipinski definition) is 2. The summed E-state index contributed by atoms with van der Waals surface area (Å²) in [5.74, 6) is 0. The van der Waals surface area contributed by atoms with Crippen LogP contribution in [0.2, 0.25) is 0 Å². The first kappa shape index (κ1) is 36.0. The Bertz CT molecular complexity index is 3220. The van der Waals surface area contributed by atoms with Gasteiger partial charge < -0.3 is 14.4 Å². The molecule has 0 saturated heterocycles. The summed E-state index contributed by atoms with van der Waals surface area (Å²) < 4.78 is 2.44. The number of anilines is 6. The fraction of sp³-hybridized carbons (Fsp3) is 0. The molecule has 0 bridgehead atoms. The quantitative estimate of drug-likeness (QED) is 0.145. The van der Waals surface area contributed by atoms with Gasteiger partial charge in [0.1, 0.15) is 0 Å². The first-order valence-electron chi connectivity index (χ1n) is 20.9. The highest BCUT2D eigenvalue weighted by atomic mass is 15.2. The Morgan fingerprint density at radius 1 is 0.295 bits per heavy atom. The van der Waals surface area contributed by atoms with Crippen LogP contribution >= 0.6 is 0 Å². The number of aromatic nitrogens is 1. The standard InChI is InChI=1S/C58H41N3/c1-5-18-42(19-6-1)43-32-36-50(37-33-43)61-55-31-16-15-29-54(55)58-56(60(47-24-9-3-10-25-47)48-26-11-4-12-27-48)40-51(41-57(58)61)59(46-22-7-2-8-23-46)49-38-34-45(35-39-49)53-30-17-21-44-20-13-14-28-52(44)53/h1-41H. The SMILES string of the molecule is c1ccc(-c2ccc(-n3c4ccccc4c4c(N(c5ccccc5)c5ccccc5)cc(N(c5ccccc5)c5ccc(-c6cccc7ccccc67)cc5)cc43)cc2)cc1. The van der Waals surface area contributed by atoms with Gasteiger partial charge in [0, 0.05) is 39.2 Å². The molecule has 0 aliphatic carbocycles. The van der Waals surface area contributed by atoms with Gasteiger partial charge >= 0.3 is 0 Å². The summed E-state index contributed by atoms with van der Waals surface area (Å²) >= 11 is 0. The van der Waals surface area contributed by atoms with Gasteiger partial charge in [-0.05, 0) is 112 Å². The minimum atomic E-state index is 1.05. The lowest BCUT2D eigenvalue weighted by atomic mass is 9.98. The second-order valence-electron chi connectivity index (χ2n) is 15.4. The van der Waals surface area contributed by atoms with E-state index in [0.29, 0.717) is 0 Å². The van der Waals surface area contributed by atoms with Crippen molar-refractivity contribution in [2.24, 2.45) is 0 Å². The predicted octanol–water partition coefficient (Wildman–Crippen LogP) is 16.2. The fourth-order valence-corrected chi connectivity index (χ4v) is 8.95. The Balaban J connectivity index is 1.18. The summed E-state index contributed by atoms with van der Waals surface area (Å²) in [6.07, 6.45) is 0. The average Bonchev–Trinajstić information content (AvgIpc) is 3.67. The highest BCUT2D eigenvalue weighted by Crippen LogP contribution is 2.48. The molecule has 288 valence electrons. The molecule has 3 heteroatoms. The molecule has 0 aliphatic heterocycles. The van der Waals surface area contributed by atoms with Crippen LogP contribution in [0.15, 0.2) is 249 Å². The predicted molar refractivity (Wildman–Crippen MR) is 259 cm³/mol. The van der Waals surface area contributed by atoms with E-state index in [1.807, 2.05) is 0 Å². The van der Waals surface area contributed by atoms with E-state index in [1.54, 1.807) is 0 Å². The summed E-state index contributed by atoms with van der Waals surface area (Å²) in [6.45, 7) is 0. The molecule has 0 atom stereocenters. The summed E-state index contributed by atoms with van der Waals surface area (Å²) in [7, 11) is 0.